The van der Waals surface area contributed by atoms with Gasteiger partial charge in [0.15, 0.2) is 11.0 Å². The summed E-state index contributed by atoms with van der Waals surface area (Å²) in [6.45, 7) is 3.00. The first-order chi connectivity index (χ1) is 15.6. The van der Waals surface area contributed by atoms with Crippen LogP contribution >= 0.6 is 11.8 Å². The van der Waals surface area contributed by atoms with Gasteiger partial charge in [0.2, 0.25) is 11.8 Å². The third-order valence-corrected chi connectivity index (χ3v) is 5.98. The maximum absolute atomic E-state index is 12.5. The number of methoxy groups -OCH3 is 1. The summed E-state index contributed by atoms with van der Waals surface area (Å²) in [5.74, 6) is 1.89. The number of benzene rings is 2. The van der Waals surface area contributed by atoms with Gasteiger partial charge in [-0.05, 0) is 49.7 Å². The molecule has 9 heteroatoms. The molecule has 32 heavy (non-hydrogen) atoms. The lowest BCUT2D eigenvalue weighted by Gasteiger charge is -2.14. The summed E-state index contributed by atoms with van der Waals surface area (Å²) in [5, 5.41) is 9.31. The van der Waals surface area contributed by atoms with Gasteiger partial charge in [0.05, 0.1) is 19.5 Å². The number of amides is 2. The molecule has 1 aromatic heterocycles. The van der Waals surface area contributed by atoms with E-state index in [1.807, 2.05) is 60.0 Å². The Hall–Kier alpha value is -3.33. The fourth-order valence-corrected chi connectivity index (χ4v) is 4.35. The zero-order valence-corrected chi connectivity index (χ0v) is 18.8. The molecular formula is C23H24N4O4S. The van der Waals surface area contributed by atoms with E-state index in [4.69, 9.17) is 9.47 Å². The van der Waals surface area contributed by atoms with Gasteiger partial charge in [-0.1, -0.05) is 23.9 Å². The Morgan fingerprint density at radius 1 is 1.12 bits per heavy atom. The minimum absolute atomic E-state index is 0.110. The van der Waals surface area contributed by atoms with Crippen molar-refractivity contribution in [3.63, 3.8) is 0 Å². The van der Waals surface area contributed by atoms with Crippen molar-refractivity contribution in [3.8, 4) is 28.6 Å². The SMILES string of the molecule is CCOc1ccc(-n2c(SCC(=O)N3CCCC3=O)nnc2-c2cccc(OC)c2)cc1. The molecule has 1 fully saturated rings. The number of aromatic nitrogens is 3. The molecule has 0 radical (unpaired) electrons. The van der Waals surface area contributed by atoms with E-state index in [9.17, 15) is 9.59 Å². The topological polar surface area (TPSA) is 86.6 Å². The maximum Gasteiger partial charge on any atom is 0.239 e. The molecule has 0 atom stereocenters. The van der Waals surface area contributed by atoms with Crippen LogP contribution < -0.4 is 9.47 Å². The molecule has 2 heterocycles. The lowest BCUT2D eigenvalue weighted by atomic mass is 10.2. The smallest absolute Gasteiger partial charge is 0.239 e. The van der Waals surface area contributed by atoms with E-state index in [1.54, 1.807) is 7.11 Å². The molecule has 0 N–H and O–H groups in total. The van der Waals surface area contributed by atoms with Crippen molar-refractivity contribution in [2.24, 2.45) is 0 Å². The summed E-state index contributed by atoms with van der Waals surface area (Å²) in [6, 6.07) is 15.2. The Morgan fingerprint density at radius 2 is 1.94 bits per heavy atom. The molecular weight excluding hydrogens is 428 g/mol. The van der Waals surface area contributed by atoms with Crippen molar-refractivity contribution in [1.82, 2.24) is 19.7 Å². The number of carbonyl (C=O) groups excluding carboxylic acids is 2. The first-order valence-electron chi connectivity index (χ1n) is 10.4. The highest BCUT2D eigenvalue weighted by Crippen LogP contribution is 2.30. The van der Waals surface area contributed by atoms with Gasteiger partial charge in [-0.2, -0.15) is 0 Å². The van der Waals surface area contributed by atoms with Crippen LogP contribution in [0.3, 0.4) is 0 Å². The standard InChI is InChI=1S/C23H24N4O4S/c1-3-31-18-11-9-17(10-12-18)27-22(16-6-4-7-19(14-16)30-2)24-25-23(27)32-15-21(29)26-13-5-8-20(26)28/h4,6-7,9-12,14H,3,5,8,13,15H2,1-2H3. The number of carbonyl (C=O) groups is 2. The van der Waals surface area contributed by atoms with Crippen molar-refractivity contribution < 1.29 is 19.1 Å². The second-order valence-electron chi connectivity index (χ2n) is 7.13. The molecule has 1 saturated heterocycles. The van der Waals surface area contributed by atoms with Crippen LogP contribution in [0.25, 0.3) is 17.1 Å². The minimum atomic E-state index is -0.207. The molecule has 0 aliphatic carbocycles. The predicted molar refractivity (Wildman–Crippen MR) is 121 cm³/mol. The average Bonchev–Trinajstić information content (AvgIpc) is 3.44. The summed E-state index contributed by atoms with van der Waals surface area (Å²) in [5.41, 5.74) is 1.67. The highest BCUT2D eigenvalue weighted by atomic mass is 32.2. The van der Waals surface area contributed by atoms with Gasteiger partial charge >= 0.3 is 0 Å². The van der Waals surface area contributed by atoms with Crippen LogP contribution in [-0.2, 0) is 9.59 Å². The van der Waals surface area contributed by atoms with Gasteiger partial charge < -0.3 is 9.47 Å². The third-order valence-electron chi connectivity index (χ3n) is 5.07. The Balaban J connectivity index is 1.67. The fourth-order valence-electron chi connectivity index (χ4n) is 3.52. The van der Waals surface area contributed by atoms with Crippen molar-refractivity contribution in [1.29, 1.82) is 0 Å². The number of hydrogen-bond acceptors (Lipinski definition) is 7. The molecule has 4 rings (SSSR count). The minimum Gasteiger partial charge on any atom is -0.497 e. The van der Waals surface area contributed by atoms with E-state index in [-0.39, 0.29) is 17.6 Å². The number of nitrogens with zero attached hydrogens (tertiary/aromatic N) is 4. The first kappa shape index (κ1) is 21.9. The van der Waals surface area contributed by atoms with Crippen LogP contribution in [0.4, 0.5) is 0 Å². The van der Waals surface area contributed by atoms with E-state index in [2.05, 4.69) is 10.2 Å². The first-order valence-corrected chi connectivity index (χ1v) is 11.4. The molecule has 3 aromatic rings. The van der Waals surface area contributed by atoms with Crippen molar-refractivity contribution in [3.05, 3.63) is 48.5 Å². The third kappa shape index (κ3) is 4.62. The van der Waals surface area contributed by atoms with Crippen molar-refractivity contribution in [2.75, 3.05) is 26.0 Å². The molecule has 1 aliphatic heterocycles. The van der Waals surface area contributed by atoms with E-state index in [1.165, 1.54) is 16.7 Å². The highest BCUT2D eigenvalue weighted by molar-refractivity contribution is 7.99. The summed E-state index contributed by atoms with van der Waals surface area (Å²) in [7, 11) is 1.61. The maximum atomic E-state index is 12.5. The molecule has 0 spiro atoms. The largest absolute Gasteiger partial charge is 0.497 e. The summed E-state index contributed by atoms with van der Waals surface area (Å²) in [4.78, 5) is 25.8. The Kier molecular flexibility index (Phi) is 6.75. The molecule has 0 unspecified atom stereocenters. The Morgan fingerprint density at radius 3 is 2.62 bits per heavy atom. The number of thioether (sulfide) groups is 1. The van der Waals surface area contributed by atoms with Gasteiger partial charge in [0, 0.05) is 24.2 Å². The van der Waals surface area contributed by atoms with Gasteiger partial charge in [-0.15, -0.1) is 10.2 Å². The second-order valence-corrected chi connectivity index (χ2v) is 8.07. The monoisotopic (exact) mass is 452 g/mol. The Bertz CT molecular complexity index is 1110. The van der Waals surface area contributed by atoms with Gasteiger partial charge in [-0.25, -0.2) is 0 Å². The zero-order valence-electron chi connectivity index (χ0n) is 18.0. The molecule has 1 aliphatic rings. The quantitative estimate of drug-likeness (QED) is 0.483. The van der Waals surface area contributed by atoms with E-state index in [0.29, 0.717) is 36.3 Å². The molecule has 166 valence electrons. The number of rotatable bonds is 8. The molecule has 0 saturated carbocycles. The average molecular weight is 453 g/mol. The molecule has 2 aromatic carbocycles. The molecule has 0 bridgehead atoms. The van der Waals surface area contributed by atoms with E-state index in [0.717, 1.165) is 23.4 Å². The van der Waals surface area contributed by atoms with Gasteiger partial charge in [0.1, 0.15) is 11.5 Å². The molecule has 2 amide bonds. The van der Waals surface area contributed by atoms with Crippen LogP contribution in [-0.4, -0.2) is 57.5 Å². The van der Waals surface area contributed by atoms with E-state index >= 15 is 0 Å². The van der Waals surface area contributed by atoms with Crippen LogP contribution in [0, 0.1) is 0 Å². The lowest BCUT2D eigenvalue weighted by Crippen LogP contribution is -2.33. The normalized spacial score (nSPS) is 13.4. The highest BCUT2D eigenvalue weighted by Gasteiger charge is 2.27. The fraction of sp³-hybridized carbons (Fsp3) is 0.304. The predicted octanol–water partition coefficient (Wildman–Crippen LogP) is 3.58. The number of hydrogen-bond donors (Lipinski definition) is 0. The summed E-state index contributed by atoms with van der Waals surface area (Å²) in [6.07, 6.45) is 1.15. The number of imide groups is 1. The van der Waals surface area contributed by atoms with Crippen LogP contribution in [0.1, 0.15) is 19.8 Å². The number of ether oxygens (including phenoxy) is 2. The van der Waals surface area contributed by atoms with Gasteiger partial charge in [-0.3, -0.25) is 19.1 Å². The lowest BCUT2D eigenvalue weighted by molar-refractivity contribution is -0.140. The van der Waals surface area contributed by atoms with E-state index < -0.39 is 0 Å². The summed E-state index contributed by atoms with van der Waals surface area (Å²) >= 11 is 1.26. The zero-order chi connectivity index (χ0) is 22.5. The van der Waals surface area contributed by atoms with Crippen molar-refractivity contribution in [2.45, 2.75) is 24.9 Å². The molecule has 8 nitrogen and oxygen atoms in total. The Labute approximate surface area is 190 Å². The van der Waals surface area contributed by atoms with Gasteiger partial charge in [0.25, 0.3) is 0 Å². The van der Waals surface area contributed by atoms with Crippen LogP contribution in [0.15, 0.2) is 53.7 Å². The van der Waals surface area contributed by atoms with Crippen LogP contribution in [0.5, 0.6) is 11.5 Å². The van der Waals surface area contributed by atoms with Crippen LogP contribution in [0.2, 0.25) is 0 Å². The van der Waals surface area contributed by atoms with Crippen molar-refractivity contribution >= 4 is 23.6 Å². The second kappa shape index (κ2) is 9.86. The number of likely N-dealkylation sites (tertiary alicyclic amines) is 1. The summed E-state index contributed by atoms with van der Waals surface area (Å²) < 4.78 is 12.8.